The summed E-state index contributed by atoms with van der Waals surface area (Å²) in [5.74, 6) is 0.345. The van der Waals surface area contributed by atoms with Gasteiger partial charge in [-0.15, -0.1) is 0 Å². The average Bonchev–Trinajstić information content (AvgIpc) is 2.06. The number of alkyl halides is 1. The molecule has 1 N–H and O–H groups in total. The fourth-order valence-electron chi connectivity index (χ4n) is 2.47. The van der Waals surface area contributed by atoms with Gasteiger partial charge in [0.25, 0.3) is 0 Å². The van der Waals surface area contributed by atoms with E-state index in [0.717, 1.165) is 19.4 Å². The zero-order valence-electron chi connectivity index (χ0n) is 6.85. The zero-order chi connectivity index (χ0) is 7.68. The molecule has 0 amide bonds. The molecular formula is C9H16FN. The van der Waals surface area contributed by atoms with Gasteiger partial charge in [0.05, 0.1) is 0 Å². The molecule has 1 aliphatic carbocycles. The van der Waals surface area contributed by atoms with E-state index in [1.807, 2.05) is 0 Å². The minimum absolute atomic E-state index is 0.345. The Balaban J connectivity index is 1.99. The van der Waals surface area contributed by atoms with Gasteiger partial charge in [-0.25, -0.2) is 4.39 Å². The molecule has 3 unspecified atom stereocenters. The van der Waals surface area contributed by atoms with Crippen LogP contribution < -0.4 is 5.32 Å². The van der Waals surface area contributed by atoms with Crippen molar-refractivity contribution >= 4 is 0 Å². The van der Waals surface area contributed by atoms with Crippen molar-refractivity contribution in [1.29, 1.82) is 0 Å². The molecule has 0 aromatic heterocycles. The van der Waals surface area contributed by atoms with Crippen LogP contribution in [0, 0.1) is 5.92 Å². The van der Waals surface area contributed by atoms with Crippen LogP contribution in [-0.2, 0) is 0 Å². The summed E-state index contributed by atoms with van der Waals surface area (Å²) in [5.41, 5.74) is 0. The highest BCUT2D eigenvalue weighted by Crippen LogP contribution is 2.32. The first kappa shape index (κ1) is 7.53. The summed E-state index contributed by atoms with van der Waals surface area (Å²) in [6, 6.07) is 0.507. The van der Waals surface area contributed by atoms with Crippen molar-refractivity contribution in [2.45, 2.75) is 44.3 Å². The summed E-state index contributed by atoms with van der Waals surface area (Å²) in [7, 11) is 0. The third-order valence-corrected chi connectivity index (χ3v) is 3.11. The molecule has 2 heteroatoms. The molecule has 11 heavy (non-hydrogen) atoms. The Labute approximate surface area is 67.4 Å². The van der Waals surface area contributed by atoms with Crippen molar-refractivity contribution in [3.05, 3.63) is 0 Å². The predicted molar refractivity (Wildman–Crippen MR) is 43.3 cm³/mol. The smallest absolute Gasteiger partial charge is 0.106 e. The van der Waals surface area contributed by atoms with E-state index in [-0.39, 0.29) is 0 Å². The Bertz CT molecular complexity index is 136. The Hall–Kier alpha value is -0.110. The van der Waals surface area contributed by atoms with Gasteiger partial charge < -0.3 is 5.32 Å². The van der Waals surface area contributed by atoms with Gasteiger partial charge in [-0.3, -0.25) is 0 Å². The summed E-state index contributed by atoms with van der Waals surface area (Å²) in [6.07, 6.45) is 5.07. The zero-order valence-corrected chi connectivity index (χ0v) is 6.85. The maximum Gasteiger partial charge on any atom is 0.106 e. The van der Waals surface area contributed by atoms with Crippen LogP contribution in [0.5, 0.6) is 0 Å². The van der Waals surface area contributed by atoms with Crippen molar-refractivity contribution in [1.82, 2.24) is 5.32 Å². The second-order valence-corrected chi connectivity index (χ2v) is 3.81. The fourth-order valence-corrected chi connectivity index (χ4v) is 2.47. The van der Waals surface area contributed by atoms with Crippen LogP contribution in [0.4, 0.5) is 4.39 Å². The molecule has 1 saturated carbocycles. The van der Waals surface area contributed by atoms with Crippen molar-refractivity contribution in [3.63, 3.8) is 0 Å². The lowest BCUT2D eigenvalue weighted by atomic mass is 9.78. The number of piperidine rings is 1. The molecule has 1 nitrogen and oxygen atoms in total. The van der Waals surface area contributed by atoms with Crippen LogP contribution in [0.3, 0.4) is 0 Å². The van der Waals surface area contributed by atoms with E-state index in [9.17, 15) is 4.39 Å². The first-order valence-corrected chi connectivity index (χ1v) is 4.75. The van der Waals surface area contributed by atoms with Crippen LogP contribution >= 0.6 is 0 Å². The van der Waals surface area contributed by atoms with Gasteiger partial charge in [0.1, 0.15) is 6.17 Å². The van der Waals surface area contributed by atoms with E-state index in [4.69, 9.17) is 0 Å². The Kier molecular flexibility index (Phi) is 2.12. The molecule has 1 heterocycles. The first-order chi connectivity index (χ1) is 5.38. The van der Waals surface area contributed by atoms with Gasteiger partial charge in [0.2, 0.25) is 0 Å². The Morgan fingerprint density at radius 2 is 1.91 bits per heavy atom. The number of hydrogen-bond acceptors (Lipinski definition) is 1. The van der Waals surface area contributed by atoms with E-state index in [1.54, 1.807) is 0 Å². The van der Waals surface area contributed by atoms with Crippen LogP contribution in [0.1, 0.15) is 32.1 Å². The number of fused-ring (bicyclic) bond motifs is 1. The van der Waals surface area contributed by atoms with E-state index in [0.29, 0.717) is 12.0 Å². The van der Waals surface area contributed by atoms with Gasteiger partial charge >= 0.3 is 0 Å². The predicted octanol–water partition coefficient (Wildman–Crippen LogP) is 1.88. The van der Waals surface area contributed by atoms with Crippen molar-refractivity contribution < 1.29 is 4.39 Å². The molecule has 0 bridgehead atoms. The van der Waals surface area contributed by atoms with Gasteiger partial charge in [-0.1, -0.05) is 12.8 Å². The quantitative estimate of drug-likeness (QED) is 0.566. The number of hydrogen-bond donors (Lipinski definition) is 1. The highest BCUT2D eigenvalue weighted by molar-refractivity contribution is 4.89. The highest BCUT2D eigenvalue weighted by atomic mass is 19.1. The Morgan fingerprint density at radius 3 is 2.73 bits per heavy atom. The minimum atomic E-state index is -0.512. The fraction of sp³-hybridized carbons (Fsp3) is 1.00. The van der Waals surface area contributed by atoms with E-state index in [1.165, 1.54) is 19.3 Å². The molecular weight excluding hydrogens is 141 g/mol. The number of nitrogens with one attached hydrogen (secondary N) is 1. The van der Waals surface area contributed by atoms with Gasteiger partial charge in [-0.2, -0.15) is 0 Å². The van der Waals surface area contributed by atoms with Crippen molar-refractivity contribution in [3.8, 4) is 0 Å². The van der Waals surface area contributed by atoms with Gasteiger partial charge in [0, 0.05) is 12.0 Å². The molecule has 64 valence electrons. The number of rotatable bonds is 0. The summed E-state index contributed by atoms with van der Waals surface area (Å²) >= 11 is 0. The summed E-state index contributed by atoms with van der Waals surface area (Å²) in [6.45, 7) is 0.891. The van der Waals surface area contributed by atoms with E-state index in [2.05, 4.69) is 5.32 Å². The van der Waals surface area contributed by atoms with Gasteiger partial charge in [0.15, 0.2) is 0 Å². The highest BCUT2D eigenvalue weighted by Gasteiger charge is 2.34. The molecule has 1 aliphatic heterocycles. The second kappa shape index (κ2) is 3.10. The molecule has 2 fully saturated rings. The summed E-state index contributed by atoms with van der Waals surface area (Å²) in [4.78, 5) is 0. The van der Waals surface area contributed by atoms with Crippen molar-refractivity contribution in [2.75, 3.05) is 6.54 Å². The van der Waals surface area contributed by atoms with E-state index < -0.39 is 6.17 Å². The van der Waals surface area contributed by atoms with Crippen LogP contribution in [0.2, 0.25) is 0 Å². The lowest BCUT2D eigenvalue weighted by Gasteiger charge is -2.38. The monoisotopic (exact) mass is 157 g/mol. The average molecular weight is 157 g/mol. The van der Waals surface area contributed by atoms with Crippen LogP contribution in [0.25, 0.3) is 0 Å². The standard InChI is InChI=1S/C9H16FN/c10-8-5-6-11-9-4-2-1-3-7(8)9/h7-9,11H,1-6H2. The number of halogens is 1. The first-order valence-electron chi connectivity index (χ1n) is 4.75. The molecule has 2 aliphatic rings. The van der Waals surface area contributed by atoms with Crippen molar-refractivity contribution in [2.24, 2.45) is 5.92 Å². The maximum absolute atomic E-state index is 13.3. The SMILES string of the molecule is FC1CCNC2CCCCC12. The lowest BCUT2D eigenvalue weighted by Crippen LogP contribution is -2.48. The molecule has 0 aromatic rings. The Morgan fingerprint density at radius 1 is 1.09 bits per heavy atom. The summed E-state index contributed by atoms with van der Waals surface area (Å²) in [5, 5.41) is 3.41. The van der Waals surface area contributed by atoms with Crippen LogP contribution in [-0.4, -0.2) is 18.8 Å². The second-order valence-electron chi connectivity index (χ2n) is 3.81. The normalized spacial score (nSPS) is 45.0. The summed E-state index contributed by atoms with van der Waals surface area (Å²) < 4.78 is 13.3. The molecule has 0 spiro atoms. The third-order valence-electron chi connectivity index (χ3n) is 3.11. The lowest BCUT2D eigenvalue weighted by molar-refractivity contribution is 0.100. The molecule has 3 atom stereocenters. The largest absolute Gasteiger partial charge is 0.313 e. The molecule has 0 radical (unpaired) electrons. The van der Waals surface area contributed by atoms with Gasteiger partial charge in [-0.05, 0) is 25.8 Å². The molecule has 0 aromatic carbocycles. The topological polar surface area (TPSA) is 12.0 Å². The third kappa shape index (κ3) is 1.41. The maximum atomic E-state index is 13.3. The van der Waals surface area contributed by atoms with Crippen LogP contribution in [0.15, 0.2) is 0 Å². The molecule has 2 rings (SSSR count). The van der Waals surface area contributed by atoms with E-state index >= 15 is 0 Å². The minimum Gasteiger partial charge on any atom is -0.313 e. The molecule has 1 saturated heterocycles.